The van der Waals surface area contributed by atoms with Crippen LogP contribution in [0.4, 0.5) is 0 Å². The zero-order chi connectivity index (χ0) is 18.7. The van der Waals surface area contributed by atoms with Crippen LogP contribution in [-0.2, 0) is 13.1 Å². The molecule has 5 heterocycles. The first-order valence-corrected chi connectivity index (χ1v) is 9.95. The van der Waals surface area contributed by atoms with Crippen molar-refractivity contribution < 1.29 is 4.79 Å². The number of hydrogen-bond donors (Lipinski definition) is 1. The molecule has 0 radical (unpaired) electrons. The minimum Gasteiger partial charge on any atom is -0.327 e. The molecule has 5 rings (SSSR count). The van der Waals surface area contributed by atoms with Gasteiger partial charge in [-0.2, -0.15) is 0 Å². The first kappa shape index (κ1) is 16.3. The van der Waals surface area contributed by atoms with Crippen molar-refractivity contribution in [1.29, 1.82) is 0 Å². The van der Waals surface area contributed by atoms with Gasteiger partial charge < -0.3 is 4.90 Å². The molecule has 0 spiro atoms. The zero-order valence-corrected chi connectivity index (χ0v) is 16.1. The molecule has 136 valence electrons. The Morgan fingerprint density at radius 2 is 2.15 bits per heavy atom. The van der Waals surface area contributed by atoms with Crippen LogP contribution < -0.4 is 5.56 Å². The average molecular weight is 398 g/mol. The number of rotatable bonds is 2. The number of nitrogens with one attached hydrogen (secondary N) is 1. The highest BCUT2D eigenvalue weighted by Gasteiger charge is 2.31. The van der Waals surface area contributed by atoms with E-state index in [4.69, 9.17) is 4.98 Å². The summed E-state index contributed by atoms with van der Waals surface area (Å²) in [5.41, 5.74) is 4.08. The molecule has 1 amide bonds. The molecule has 1 aliphatic heterocycles. The second-order valence-electron chi connectivity index (χ2n) is 6.44. The van der Waals surface area contributed by atoms with Crippen LogP contribution in [0.3, 0.4) is 0 Å². The van der Waals surface area contributed by atoms with Gasteiger partial charge in [-0.1, -0.05) is 10.6 Å². The average Bonchev–Trinajstić information content (AvgIpc) is 3.42. The van der Waals surface area contributed by atoms with Crippen LogP contribution in [0.5, 0.6) is 0 Å². The first-order chi connectivity index (χ1) is 13.0. The van der Waals surface area contributed by atoms with Crippen LogP contribution >= 0.6 is 22.9 Å². The van der Waals surface area contributed by atoms with Gasteiger partial charge in [0, 0.05) is 5.56 Å². The third kappa shape index (κ3) is 2.37. The van der Waals surface area contributed by atoms with Crippen molar-refractivity contribution in [1.82, 2.24) is 29.1 Å². The van der Waals surface area contributed by atoms with E-state index >= 15 is 0 Å². The third-order valence-corrected chi connectivity index (χ3v) is 6.49. The van der Waals surface area contributed by atoms with E-state index in [1.165, 1.54) is 4.52 Å². The van der Waals surface area contributed by atoms with Crippen molar-refractivity contribution in [3.05, 3.63) is 55.3 Å². The van der Waals surface area contributed by atoms with Crippen LogP contribution in [0, 0.1) is 13.8 Å². The normalized spacial score (nSPS) is 13.5. The molecule has 8 nitrogen and oxygen atoms in total. The molecule has 0 aliphatic carbocycles. The Balaban J connectivity index is 1.58. The molecule has 27 heavy (non-hydrogen) atoms. The van der Waals surface area contributed by atoms with Crippen molar-refractivity contribution in [2.45, 2.75) is 26.9 Å². The lowest BCUT2D eigenvalue weighted by Crippen LogP contribution is -2.26. The van der Waals surface area contributed by atoms with Crippen LogP contribution in [0.2, 0.25) is 0 Å². The standard InChI is InChI=1S/C17H14N6O2S2/c1-8-13(12-4-3-5-26-12)20-23-15(8)18-11-7-22(6-10(11)16(23)24)17(25)14-9(2)19-21-27-14/h3-5,20H,6-7H2,1-2H3. The molecular weight excluding hydrogens is 384 g/mol. The molecule has 0 aromatic carbocycles. The summed E-state index contributed by atoms with van der Waals surface area (Å²) in [6, 6.07) is 3.98. The number of aromatic amines is 1. The van der Waals surface area contributed by atoms with E-state index in [-0.39, 0.29) is 18.0 Å². The molecule has 4 aromatic rings. The second-order valence-corrected chi connectivity index (χ2v) is 8.14. The van der Waals surface area contributed by atoms with Gasteiger partial charge in [-0.15, -0.1) is 16.4 Å². The highest BCUT2D eigenvalue weighted by molar-refractivity contribution is 7.13. The molecule has 4 aromatic heterocycles. The minimum atomic E-state index is -0.162. The van der Waals surface area contributed by atoms with Gasteiger partial charge in [0.2, 0.25) is 0 Å². The first-order valence-electron chi connectivity index (χ1n) is 8.29. The zero-order valence-electron chi connectivity index (χ0n) is 14.5. The van der Waals surface area contributed by atoms with Crippen molar-refractivity contribution in [2.75, 3.05) is 0 Å². The predicted molar refractivity (Wildman–Crippen MR) is 102 cm³/mol. The van der Waals surface area contributed by atoms with Crippen LogP contribution in [0.1, 0.15) is 32.2 Å². The monoisotopic (exact) mass is 398 g/mol. The predicted octanol–water partition coefficient (Wildman–Crippen LogP) is 2.38. The van der Waals surface area contributed by atoms with Gasteiger partial charge in [0.15, 0.2) is 5.65 Å². The molecule has 1 N–H and O–H groups in total. The lowest BCUT2D eigenvalue weighted by molar-refractivity contribution is 0.0754. The molecule has 0 unspecified atom stereocenters. The molecule has 0 atom stereocenters. The summed E-state index contributed by atoms with van der Waals surface area (Å²) in [5, 5.41) is 9.07. The second kappa shape index (κ2) is 5.83. The third-order valence-electron chi connectivity index (χ3n) is 4.79. The number of aromatic nitrogens is 5. The van der Waals surface area contributed by atoms with Crippen molar-refractivity contribution in [3.63, 3.8) is 0 Å². The smallest absolute Gasteiger partial charge is 0.278 e. The van der Waals surface area contributed by atoms with Gasteiger partial charge in [0.05, 0.1) is 40.6 Å². The number of fused-ring (bicyclic) bond motifs is 2. The van der Waals surface area contributed by atoms with Crippen LogP contribution in [0.25, 0.3) is 16.2 Å². The van der Waals surface area contributed by atoms with Crippen LogP contribution in [0.15, 0.2) is 22.3 Å². The number of aryl methyl sites for hydroxylation is 2. The van der Waals surface area contributed by atoms with E-state index < -0.39 is 0 Å². The summed E-state index contributed by atoms with van der Waals surface area (Å²) >= 11 is 2.68. The fourth-order valence-electron chi connectivity index (χ4n) is 3.36. The van der Waals surface area contributed by atoms with E-state index in [1.807, 2.05) is 24.4 Å². The maximum Gasteiger partial charge on any atom is 0.278 e. The lowest BCUT2D eigenvalue weighted by Gasteiger charge is -2.13. The largest absolute Gasteiger partial charge is 0.327 e. The maximum atomic E-state index is 13.0. The maximum absolute atomic E-state index is 13.0. The fourth-order valence-corrected chi connectivity index (χ4v) is 4.76. The summed E-state index contributed by atoms with van der Waals surface area (Å²) < 4.78 is 5.30. The number of carbonyl (C=O) groups is 1. The Hall–Kier alpha value is -2.85. The van der Waals surface area contributed by atoms with E-state index in [2.05, 4.69) is 14.7 Å². The molecule has 0 bridgehead atoms. The van der Waals surface area contributed by atoms with Gasteiger partial charge >= 0.3 is 0 Å². The Labute approximate surface area is 161 Å². The molecule has 0 fully saturated rings. The minimum absolute atomic E-state index is 0.157. The Bertz CT molecular complexity index is 1250. The van der Waals surface area contributed by atoms with Crippen molar-refractivity contribution in [3.8, 4) is 10.6 Å². The summed E-state index contributed by atoms with van der Waals surface area (Å²) in [4.78, 5) is 33.6. The molecule has 10 heteroatoms. The SMILES string of the molecule is Cc1nnsc1C(=O)N1Cc2nc3c(C)c(-c4cccs4)[nH]n3c(=O)c2C1. The van der Waals surface area contributed by atoms with Crippen LogP contribution in [-0.4, -0.2) is 35.0 Å². The number of carbonyl (C=O) groups excluding carboxylic acids is 1. The molecule has 0 saturated carbocycles. The van der Waals surface area contributed by atoms with Gasteiger partial charge in [0.1, 0.15) is 4.88 Å². The lowest BCUT2D eigenvalue weighted by atomic mass is 10.2. The quantitative estimate of drug-likeness (QED) is 0.559. The summed E-state index contributed by atoms with van der Waals surface area (Å²) in [5.74, 6) is -0.162. The Morgan fingerprint density at radius 1 is 1.30 bits per heavy atom. The Kier molecular flexibility index (Phi) is 3.52. The van der Waals surface area contributed by atoms with Gasteiger partial charge in [-0.25, -0.2) is 9.50 Å². The van der Waals surface area contributed by atoms with E-state index in [0.717, 1.165) is 27.7 Å². The number of hydrogen-bond acceptors (Lipinski definition) is 7. The highest BCUT2D eigenvalue weighted by Crippen LogP contribution is 2.29. The Morgan fingerprint density at radius 3 is 2.85 bits per heavy atom. The van der Waals surface area contributed by atoms with E-state index in [0.29, 0.717) is 34.0 Å². The molecule has 1 aliphatic rings. The summed E-state index contributed by atoms with van der Waals surface area (Å²) in [6.07, 6.45) is 0. The van der Waals surface area contributed by atoms with Gasteiger partial charge in [-0.3, -0.25) is 14.7 Å². The fraction of sp³-hybridized carbons (Fsp3) is 0.235. The number of H-pyrrole nitrogens is 1. The molecular formula is C17H14N6O2S2. The van der Waals surface area contributed by atoms with Gasteiger partial charge in [-0.05, 0) is 36.8 Å². The molecule has 0 saturated heterocycles. The van der Waals surface area contributed by atoms with E-state index in [9.17, 15) is 9.59 Å². The van der Waals surface area contributed by atoms with Crippen molar-refractivity contribution >= 4 is 34.4 Å². The number of amides is 1. The topological polar surface area (TPSA) is 96.2 Å². The highest BCUT2D eigenvalue weighted by atomic mass is 32.1. The summed E-state index contributed by atoms with van der Waals surface area (Å²) in [7, 11) is 0. The number of thiophene rings is 1. The van der Waals surface area contributed by atoms with E-state index in [1.54, 1.807) is 23.2 Å². The summed E-state index contributed by atoms with van der Waals surface area (Å²) in [6.45, 7) is 4.26. The number of nitrogens with zero attached hydrogens (tertiary/aromatic N) is 5. The van der Waals surface area contributed by atoms with Gasteiger partial charge in [0.25, 0.3) is 11.5 Å². The van der Waals surface area contributed by atoms with Crippen molar-refractivity contribution in [2.24, 2.45) is 0 Å².